The predicted octanol–water partition coefficient (Wildman–Crippen LogP) is 17.6. The Hall–Kier alpha value is -11.3. The van der Waals surface area contributed by atoms with Gasteiger partial charge in [0.15, 0.2) is 5.82 Å². The summed E-state index contributed by atoms with van der Waals surface area (Å²) in [5.41, 5.74) is 17.0. The first-order valence-electron chi connectivity index (χ1n) is 26.7. The van der Waals surface area contributed by atoms with Gasteiger partial charge in [0.2, 0.25) is 0 Å². The number of para-hydroxylation sites is 6. The Kier molecular flexibility index (Phi) is 9.90. The summed E-state index contributed by atoms with van der Waals surface area (Å²) >= 11 is 0. The third kappa shape index (κ3) is 6.61. The average molecular weight is 1020 g/mol. The Morgan fingerprint density at radius 3 is 1.10 bits per heavy atom. The van der Waals surface area contributed by atoms with Gasteiger partial charge in [-0.15, -0.1) is 0 Å². The van der Waals surface area contributed by atoms with Crippen molar-refractivity contribution in [2.24, 2.45) is 0 Å². The average Bonchev–Trinajstić information content (AvgIpc) is 3.84. The molecule has 8 heteroatoms. The fraction of sp³-hybridized carbons (Fsp3) is 0. The van der Waals surface area contributed by atoms with Gasteiger partial charge in [-0.05, 0) is 103 Å². The number of nitriles is 2. The second kappa shape index (κ2) is 17.6. The molecule has 0 spiro atoms. The number of aromatic nitrogens is 6. The number of rotatable bonds is 7. The highest BCUT2D eigenvalue weighted by molar-refractivity contribution is 6.28. The van der Waals surface area contributed by atoms with E-state index in [1.807, 2.05) is 60.7 Å². The summed E-state index contributed by atoms with van der Waals surface area (Å²) in [4.78, 5) is 10.9. The molecule has 5 heterocycles. The Morgan fingerprint density at radius 2 is 0.675 bits per heavy atom. The van der Waals surface area contributed by atoms with E-state index in [2.05, 4.69) is 225 Å². The van der Waals surface area contributed by atoms with Crippen molar-refractivity contribution < 1.29 is 0 Å². The van der Waals surface area contributed by atoms with Crippen LogP contribution in [0.15, 0.2) is 255 Å². The molecule has 11 aromatic carbocycles. The molecule has 80 heavy (non-hydrogen) atoms. The van der Waals surface area contributed by atoms with Crippen LogP contribution < -0.4 is 0 Å². The van der Waals surface area contributed by atoms with Crippen LogP contribution in [0, 0.1) is 22.7 Å². The third-order valence-corrected chi connectivity index (χ3v) is 16.0. The van der Waals surface area contributed by atoms with Crippen LogP contribution in [0.25, 0.3) is 144 Å². The maximum atomic E-state index is 10.7. The zero-order valence-electron chi connectivity index (χ0n) is 42.8. The monoisotopic (exact) mass is 1020 g/mol. The van der Waals surface area contributed by atoms with Crippen molar-refractivity contribution >= 4 is 87.2 Å². The van der Waals surface area contributed by atoms with Crippen molar-refractivity contribution in [1.82, 2.24) is 28.2 Å². The van der Waals surface area contributed by atoms with Crippen LogP contribution in [0.2, 0.25) is 0 Å². The summed E-state index contributed by atoms with van der Waals surface area (Å²) in [5.74, 6) is 0.507. The number of benzene rings is 11. The van der Waals surface area contributed by atoms with E-state index in [0.717, 1.165) is 116 Å². The zero-order chi connectivity index (χ0) is 53.0. The summed E-state index contributed by atoms with van der Waals surface area (Å²) in [5, 5.41) is 30.5. The molecule has 0 aliphatic rings. The highest BCUT2D eigenvalue weighted by Gasteiger charge is 2.26. The van der Waals surface area contributed by atoms with Crippen LogP contribution in [0.5, 0.6) is 0 Å². The predicted molar refractivity (Wildman–Crippen MR) is 325 cm³/mol. The van der Waals surface area contributed by atoms with Gasteiger partial charge in [-0.25, -0.2) is 9.97 Å². The molecule has 0 unspecified atom stereocenters. The molecule has 0 aliphatic heterocycles. The zero-order valence-corrected chi connectivity index (χ0v) is 42.8. The topological polar surface area (TPSA) is 93.1 Å². The lowest BCUT2D eigenvalue weighted by Crippen LogP contribution is -2.03. The van der Waals surface area contributed by atoms with Crippen molar-refractivity contribution in [1.29, 1.82) is 10.5 Å². The first-order chi connectivity index (χ1) is 39.6. The molecule has 0 saturated heterocycles. The molecular weight excluding hydrogens is 977 g/mol. The second-order valence-electron chi connectivity index (χ2n) is 20.3. The highest BCUT2D eigenvalue weighted by atomic mass is 15.0. The van der Waals surface area contributed by atoms with Crippen LogP contribution in [0.1, 0.15) is 11.1 Å². The van der Waals surface area contributed by atoms with Crippen molar-refractivity contribution in [2.45, 2.75) is 0 Å². The molecule has 0 aliphatic carbocycles. The molecule has 5 aromatic heterocycles. The molecule has 0 saturated carbocycles. The lowest BCUT2D eigenvalue weighted by Gasteiger charge is -2.18. The van der Waals surface area contributed by atoms with E-state index >= 15 is 0 Å². The molecule has 370 valence electrons. The van der Waals surface area contributed by atoms with Crippen molar-refractivity contribution in [3.8, 4) is 68.8 Å². The molecule has 0 bridgehead atoms. The van der Waals surface area contributed by atoms with Crippen LogP contribution in [0.4, 0.5) is 0 Å². The summed E-state index contributed by atoms with van der Waals surface area (Å²) in [6.07, 6.45) is 0. The van der Waals surface area contributed by atoms with Gasteiger partial charge in [0.25, 0.3) is 0 Å². The summed E-state index contributed by atoms with van der Waals surface area (Å²) in [6, 6.07) is 93.3. The van der Waals surface area contributed by atoms with Gasteiger partial charge in [0.1, 0.15) is 0 Å². The van der Waals surface area contributed by atoms with E-state index in [-0.39, 0.29) is 0 Å². The van der Waals surface area contributed by atoms with Gasteiger partial charge in [-0.2, -0.15) is 10.5 Å². The van der Waals surface area contributed by atoms with Gasteiger partial charge in [-0.3, -0.25) is 0 Å². The number of nitrogens with zero attached hydrogens (tertiary/aromatic N) is 8. The molecule has 0 amide bonds. The van der Waals surface area contributed by atoms with E-state index in [1.165, 1.54) is 10.8 Å². The van der Waals surface area contributed by atoms with E-state index < -0.39 is 0 Å². The largest absolute Gasteiger partial charge is 0.309 e. The van der Waals surface area contributed by atoms with Gasteiger partial charge in [0, 0.05) is 71.2 Å². The lowest BCUT2D eigenvalue weighted by atomic mass is 10.0. The summed E-state index contributed by atoms with van der Waals surface area (Å²) in [6.45, 7) is 0. The minimum Gasteiger partial charge on any atom is -0.309 e. The Morgan fingerprint density at radius 1 is 0.300 bits per heavy atom. The quantitative estimate of drug-likeness (QED) is 0.159. The molecule has 16 rings (SSSR count). The Labute approximate surface area is 458 Å². The molecule has 0 radical (unpaired) electrons. The van der Waals surface area contributed by atoms with Gasteiger partial charge >= 0.3 is 0 Å². The van der Waals surface area contributed by atoms with Crippen molar-refractivity contribution in [2.75, 3.05) is 0 Å². The van der Waals surface area contributed by atoms with E-state index in [9.17, 15) is 10.5 Å². The van der Waals surface area contributed by atoms with Crippen molar-refractivity contribution in [3.05, 3.63) is 266 Å². The van der Waals surface area contributed by atoms with Gasteiger partial charge in [-0.1, -0.05) is 152 Å². The van der Waals surface area contributed by atoms with E-state index in [1.54, 1.807) is 0 Å². The minimum atomic E-state index is 0.495. The van der Waals surface area contributed by atoms with Crippen LogP contribution >= 0.6 is 0 Å². The third-order valence-electron chi connectivity index (χ3n) is 16.0. The molecule has 16 aromatic rings. The molecule has 0 atom stereocenters. The first-order valence-corrected chi connectivity index (χ1v) is 26.7. The van der Waals surface area contributed by atoms with E-state index in [4.69, 9.17) is 9.97 Å². The van der Waals surface area contributed by atoms with Gasteiger partial charge in [0.05, 0.1) is 90.2 Å². The Bertz CT molecular complexity index is 5010. The number of hydrogen-bond acceptors (Lipinski definition) is 4. The van der Waals surface area contributed by atoms with E-state index in [0.29, 0.717) is 28.3 Å². The highest BCUT2D eigenvalue weighted by Crippen LogP contribution is 2.46. The minimum absolute atomic E-state index is 0.495. The number of hydrogen-bond donors (Lipinski definition) is 0. The molecule has 0 N–H and O–H groups in total. The normalized spacial score (nSPS) is 11.7. The molecule has 0 fully saturated rings. The number of fused-ring (bicyclic) bond motifs is 14. The SMILES string of the molecule is N#Cc1ccc(-n2c3ccccc3c3c2ccc2c4ccccc4n(-c4ccccc4)c23)c(-c2cc(-c3cc(C#N)ccc3-n3c4ccccc4c4c3ccc3c5ccccc5n(-c5ccccc5)c34)nc(-c3ccccc3)n2)c1. The molecule has 8 nitrogen and oxygen atoms in total. The summed E-state index contributed by atoms with van der Waals surface area (Å²) in [7, 11) is 0. The van der Waals surface area contributed by atoms with Crippen LogP contribution in [-0.4, -0.2) is 28.2 Å². The van der Waals surface area contributed by atoms with Crippen molar-refractivity contribution in [3.63, 3.8) is 0 Å². The van der Waals surface area contributed by atoms with Gasteiger partial charge < -0.3 is 18.3 Å². The maximum Gasteiger partial charge on any atom is 0.160 e. The molecular formula is C72H42N8. The lowest BCUT2D eigenvalue weighted by molar-refractivity contribution is 1.14. The fourth-order valence-corrected chi connectivity index (χ4v) is 12.7. The fourth-order valence-electron chi connectivity index (χ4n) is 12.7. The van der Waals surface area contributed by atoms with Crippen LogP contribution in [-0.2, 0) is 0 Å². The van der Waals surface area contributed by atoms with Crippen LogP contribution in [0.3, 0.4) is 0 Å². The first kappa shape index (κ1) is 44.9. The smallest absolute Gasteiger partial charge is 0.160 e. The Balaban J connectivity index is 0.980. The standard InChI is InChI=1S/C72H42N8/c73-43-45-32-36-64(79-62-30-16-12-26-54(62)68-66(79)38-34-52-50-24-10-14-28-60(50)77(70(52)68)48-20-6-2-7-21-48)56(40-45)58-42-59(76-72(75-58)47-18-4-1-5-19-47)57-41-46(44-74)33-37-65(57)80-63-31-17-13-27-55(63)69-67(80)39-35-53-51-25-11-15-29-61(51)78(71(53)69)49-22-8-3-9-23-49/h1-42H. The summed E-state index contributed by atoms with van der Waals surface area (Å²) < 4.78 is 9.43. The maximum absolute atomic E-state index is 10.7. The second-order valence-corrected chi connectivity index (χ2v) is 20.3.